The zero-order chi connectivity index (χ0) is 28.9. The number of rotatable bonds is 15. The van der Waals surface area contributed by atoms with E-state index in [1.807, 2.05) is 38.1 Å². The van der Waals surface area contributed by atoms with E-state index in [-0.39, 0.29) is 31.3 Å². The standard InChI is InChI=1S/C26H41N9O4/c1-15(2)11-21(33-22(36)13-27)25(39)34-19(9-6-10-31-26(29)30-3)24(38)35-20(23(28)37)12-16-14-32-18-8-5-4-7-17(16)18/h4-5,7-8,14-15,19-21,32H,6,9-13,27H2,1-3H3,(H2,28,37)(H,33,36)(H,34,39)(H,35,38)(H3,29,30,31)/t19-,20-,21-/m0/s1. The third kappa shape index (κ3) is 9.93. The summed E-state index contributed by atoms with van der Waals surface area (Å²) in [7, 11) is 1.61. The molecular weight excluding hydrogens is 502 g/mol. The number of primary amides is 1. The van der Waals surface area contributed by atoms with Crippen molar-refractivity contribution in [2.75, 3.05) is 20.1 Å². The molecule has 13 heteroatoms. The van der Waals surface area contributed by atoms with Crippen LogP contribution in [0.5, 0.6) is 0 Å². The number of hydrogen-bond acceptors (Lipinski definition) is 6. The smallest absolute Gasteiger partial charge is 0.243 e. The van der Waals surface area contributed by atoms with E-state index in [1.54, 1.807) is 13.2 Å². The Labute approximate surface area is 228 Å². The molecule has 2 rings (SSSR count). The maximum Gasteiger partial charge on any atom is 0.243 e. The molecule has 2 aromatic rings. The molecule has 0 spiro atoms. The fraction of sp³-hybridized carbons (Fsp3) is 0.500. The third-order valence-corrected chi connectivity index (χ3v) is 6.16. The number of benzene rings is 1. The molecule has 3 atom stereocenters. The minimum Gasteiger partial charge on any atom is -0.368 e. The van der Waals surface area contributed by atoms with E-state index in [0.29, 0.717) is 19.4 Å². The number of fused-ring (bicyclic) bond motifs is 1. The van der Waals surface area contributed by atoms with Gasteiger partial charge < -0.3 is 43.0 Å². The molecule has 0 radical (unpaired) electrons. The van der Waals surface area contributed by atoms with E-state index in [9.17, 15) is 19.2 Å². The van der Waals surface area contributed by atoms with Crippen LogP contribution in [0, 0.1) is 11.3 Å². The minimum absolute atomic E-state index is 0.0817. The number of carbonyl (C=O) groups is 4. The van der Waals surface area contributed by atoms with Gasteiger partial charge in [-0.25, -0.2) is 0 Å². The van der Waals surface area contributed by atoms with Gasteiger partial charge in [0, 0.05) is 37.1 Å². The van der Waals surface area contributed by atoms with Gasteiger partial charge in [-0.2, -0.15) is 0 Å². The predicted octanol–water partition coefficient (Wildman–Crippen LogP) is -0.821. The lowest BCUT2D eigenvalue weighted by atomic mass is 10.0. The molecule has 13 nitrogen and oxygen atoms in total. The molecule has 11 N–H and O–H groups in total. The Morgan fingerprint density at radius 3 is 2.31 bits per heavy atom. The second-order valence-electron chi connectivity index (χ2n) is 9.74. The van der Waals surface area contributed by atoms with Crippen LogP contribution in [-0.4, -0.2) is 72.8 Å². The normalized spacial score (nSPS) is 13.3. The molecule has 4 amide bonds. The Morgan fingerprint density at radius 2 is 1.67 bits per heavy atom. The van der Waals surface area contributed by atoms with Crippen LogP contribution in [0.15, 0.2) is 30.5 Å². The maximum atomic E-state index is 13.4. The fourth-order valence-electron chi connectivity index (χ4n) is 4.12. The van der Waals surface area contributed by atoms with Gasteiger partial charge >= 0.3 is 0 Å². The lowest BCUT2D eigenvalue weighted by Gasteiger charge is -2.25. The van der Waals surface area contributed by atoms with Gasteiger partial charge in [-0.15, -0.1) is 0 Å². The summed E-state index contributed by atoms with van der Waals surface area (Å²) >= 11 is 0. The van der Waals surface area contributed by atoms with Gasteiger partial charge in [-0.05, 0) is 36.8 Å². The zero-order valence-corrected chi connectivity index (χ0v) is 22.7. The number of nitrogens with one attached hydrogen (secondary N) is 7. The Hall–Kier alpha value is -4.13. The van der Waals surface area contributed by atoms with Crippen molar-refractivity contribution in [1.82, 2.24) is 31.6 Å². The maximum absolute atomic E-state index is 13.4. The second-order valence-corrected chi connectivity index (χ2v) is 9.74. The van der Waals surface area contributed by atoms with Gasteiger partial charge in [0.2, 0.25) is 23.6 Å². The molecule has 0 aliphatic heterocycles. The van der Waals surface area contributed by atoms with Gasteiger partial charge in [-0.1, -0.05) is 32.0 Å². The van der Waals surface area contributed by atoms with E-state index < -0.39 is 41.8 Å². The van der Waals surface area contributed by atoms with Crippen molar-refractivity contribution in [3.8, 4) is 0 Å². The SMILES string of the molecule is CNC(=N)NCCC[C@H](NC(=O)[C@H](CC(C)C)NC(=O)CN)C(=O)N[C@@H](Cc1c[nH]c2ccccc12)C(N)=O. The summed E-state index contributed by atoms with van der Waals surface area (Å²) in [5.74, 6) is -2.11. The molecular formula is C26H41N9O4. The van der Waals surface area contributed by atoms with Crippen molar-refractivity contribution >= 4 is 40.5 Å². The molecule has 39 heavy (non-hydrogen) atoms. The molecule has 0 saturated heterocycles. The lowest BCUT2D eigenvalue weighted by molar-refractivity contribution is -0.133. The minimum atomic E-state index is -1.02. The van der Waals surface area contributed by atoms with Gasteiger partial charge in [-0.3, -0.25) is 24.6 Å². The van der Waals surface area contributed by atoms with Crippen molar-refractivity contribution < 1.29 is 19.2 Å². The van der Waals surface area contributed by atoms with Crippen LogP contribution in [-0.2, 0) is 25.6 Å². The average molecular weight is 544 g/mol. The van der Waals surface area contributed by atoms with Crippen LogP contribution < -0.4 is 38.1 Å². The molecule has 214 valence electrons. The van der Waals surface area contributed by atoms with Crippen LogP contribution in [0.25, 0.3) is 10.9 Å². The summed E-state index contributed by atoms with van der Waals surface area (Å²) in [6.45, 7) is 3.91. The number of aromatic nitrogens is 1. The highest BCUT2D eigenvalue weighted by atomic mass is 16.2. The average Bonchev–Trinajstić information content (AvgIpc) is 3.31. The van der Waals surface area contributed by atoms with Gasteiger partial charge in [0.25, 0.3) is 0 Å². The number of aromatic amines is 1. The van der Waals surface area contributed by atoms with Crippen LogP contribution in [0.1, 0.15) is 38.7 Å². The number of para-hydroxylation sites is 1. The third-order valence-electron chi connectivity index (χ3n) is 6.16. The number of hydrogen-bond donors (Lipinski definition) is 9. The van der Waals surface area contributed by atoms with Crippen LogP contribution in [0.4, 0.5) is 0 Å². The number of H-pyrrole nitrogens is 1. The highest BCUT2D eigenvalue weighted by Crippen LogP contribution is 2.19. The molecule has 0 saturated carbocycles. The first kappa shape index (κ1) is 31.1. The van der Waals surface area contributed by atoms with Gasteiger partial charge in [0.05, 0.1) is 6.54 Å². The van der Waals surface area contributed by atoms with Crippen molar-refractivity contribution in [3.63, 3.8) is 0 Å². The Bertz CT molecular complexity index is 1150. The highest BCUT2D eigenvalue weighted by molar-refractivity contribution is 5.94. The summed E-state index contributed by atoms with van der Waals surface area (Å²) in [4.78, 5) is 53.9. The molecule has 0 aliphatic rings. The quantitative estimate of drug-likeness (QED) is 0.0788. The van der Waals surface area contributed by atoms with E-state index in [0.717, 1.165) is 16.5 Å². The Balaban J connectivity index is 2.19. The number of nitrogens with two attached hydrogens (primary N) is 2. The van der Waals surface area contributed by atoms with E-state index >= 15 is 0 Å². The lowest BCUT2D eigenvalue weighted by Crippen LogP contribution is -2.57. The summed E-state index contributed by atoms with van der Waals surface area (Å²) in [6, 6.07) is 4.66. The summed E-state index contributed by atoms with van der Waals surface area (Å²) in [5.41, 5.74) is 12.7. The Kier molecular flexibility index (Phi) is 12.2. The molecule has 1 aromatic heterocycles. The van der Waals surface area contributed by atoms with Crippen molar-refractivity contribution in [2.45, 2.75) is 57.7 Å². The zero-order valence-electron chi connectivity index (χ0n) is 22.7. The molecule has 1 aromatic carbocycles. The number of amides is 4. The summed E-state index contributed by atoms with van der Waals surface area (Å²) < 4.78 is 0. The summed E-state index contributed by atoms with van der Waals surface area (Å²) in [5, 5.41) is 22.1. The first-order valence-corrected chi connectivity index (χ1v) is 13.0. The molecule has 0 aliphatic carbocycles. The largest absolute Gasteiger partial charge is 0.368 e. The van der Waals surface area contributed by atoms with E-state index in [2.05, 4.69) is 31.6 Å². The van der Waals surface area contributed by atoms with Gasteiger partial charge in [0.1, 0.15) is 18.1 Å². The summed E-state index contributed by atoms with van der Waals surface area (Å²) in [6.07, 6.45) is 2.91. The van der Waals surface area contributed by atoms with Crippen LogP contribution in [0.3, 0.4) is 0 Å². The topological polar surface area (TPSA) is 220 Å². The second kappa shape index (κ2) is 15.3. The van der Waals surface area contributed by atoms with Gasteiger partial charge in [0.15, 0.2) is 5.96 Å². The fourth-order valence-corrected chi connectivity index (χ4v) is 4.12. The predicted molar refractivity (Wildman–Crippen MR) is 150 cm³/mol. The first-order chi connectivity index (χ1) is 18.5. The van der Waals surface area contributed by atoms with Crippen molar-refractivity contribution in [1.29, 1.82) is 5.41 Å². The van der Waals surface area contributed by atoms with E-state index in [1.165, 1.54) is 0 Å². The molecule has 0 unspecified atom stereocenters. The van der Waals surface area contributed by atoms with Crippen molar-refractivity contribution in [2.24, 2.45) is 17.4 Å². The molecule has 0 fully saturated rings. The number of guanidine groups is 1. The molecule has 1 heterocycles. The first-order valence-electron chi connectivity index (χ1n) is 13.0. The van der Waals surface area contributed by atoms with Crippen molar-refractivity contribution in [3.05, 3.63) is 36.0 Å². The van der Waals surface area contributed by atoms with Crippen LogP contribution in [0.2, 0.25) is 0 Å². The number of carbonyl (C=O) groups excluding carboxylic acids is 4. The van der Waals surface area contributed by atoms with E-state index in [4.69, 9.17) is 16.9 Å². The molecule has 0 bridgehead atoms. The van der Waals surface area contributed by atoms with Crippen LogP contribution >= 0.6 is 0 Å². The monoisotopic (exact) mass is 543 g/mol. The highest BCUT2D eigenvalue weighted by Gasteiger charge is 2.29. The Morgan fingerprint density at radius 1 is 1.00 bits per heavy atom.